The molecule has 0 saturated carbocycles. The van der Waals surface area contributed by atoms with E-state index in [0.29, 0.717) is 17.5 Å². The number of nitrogens with zero attached hydrogens (tertiary/aromatic N) is 3. The monoisotopic (exact) mass is 360 g/mol. The summed E-state index contributed by atoms with van der Waals surface area (Å²) >= 11 is 1.39. The number of ether oxygens (including phenoxy) is 1. The number of halogens is 1. The van der Waals surface area contributed by atoms with Crippen LogP contribution in [-0.4, -0.2) is 32.5 Å². The van der Waals surface area contributed by atoms with Gasteiger partial charge in [0.2, 0.25) is 0 Å². The first-order valence-corrected chi connectivity index (χ1v) is 9.12. The van der Waals surface area contributed by atoms with Crippen LogP contribution in [0.25, 0.3) is 10.9 Å². The van der Waals surface area contributed by atoms with E-state index in [1.54, 1.807) is 16.8 Å². The third-order valence-corrected chi connectivity index (χ3v) is 5.26. The van der Waals surface area contributed by atoms with E-state index < -0.39 is 0 Å². The molecule has 3 aromatic rings. The Balaban J connectivity index is 1.57. The zero-order chi connectivity index (χ0) is 17.2. The van der Waals surface area contributed by atoms with Crippen LogP contribution in [0.4, 0.5) is 4.39 Å². The molecule has 6 nitrogen and oxygen atoms in total. The van der Waals surface area contributed by atoms with Crippen LogP contribution in [0.2, 0.25) is 0 Å². The number of aromatic amines is 1. The van der Waals surface area contributed by atoms with Crippen molar-refractivity contribution in [3.63, 3.8) is 0 Å². The molecule has 1 N–H and O–H groups in total. The number of nitrogens with one attached hydrogen (secondary N) is 1. The summed E-state index contributed by atoms with van der Waals surface area (Å²) in [6.07, 6.45) is 3.70. The van der Waals surface area contributed by atoms with Gasteiger partial charge < -0.3 is 4.74 Å². The van der Waals surface area contributed by atoms with Gasteiger partial charge in [-0.1, -0.05) is 17.8 Å². The number of H-pyrrole nitrogens is 1. The van der Waals surface area contributed by atoms with Crippen molar-refractivity contribution in [2.24, 2.45) is 0 Å². The van der Waals surface area contributed by atoms with Crippen LogP contribution in [-0.2, 0) is 17.0 Å². The molecular weight excluding hydrogens is 343 g/mol. The Kier molecular flexibility index (Phi) is 4.54. The van der Waals surface area contributed by atoms with Gasteiger partial charge in [-0.05, 0) is 36.6 Å². The van der Waals surface area contributed by atoms with Gasteiger partial charge in [0, 0.05) is 23.9 Å². The molecule has 8 heteroatoms. The van der Waals surface area contributed by atoms with E-state index in [4.69, 9.17) is 4.74 Å². The smallest absolute Gasteiger partial charge is 0.344 e. The van der Waals surface area contributed by atoms with Crippen LogP contribution in [0, 0.1) is 5.82 Å². The molecule has 1 fully saturated rings. The van der Waals surface area contributed by atoms with Crippen LogP contribution in [0.3, 0.4) is 0 Å². The minimum atomic E-state index is -0.296. The third kappa shape index (κ3) is 3.45. The summed E-state index contributed by atoms with van der Waals surface area (Å²) in [6.45, 7) is 1.22. The second kappa shape index (κ2) is 6.97. The molecule has 0 radical (unpaired) electrons. The Morgan fingerprint density at radius 3 is 3.20 bits per heavy atom. The molecule has 1 aliphatic rings. The van der Waals surface area contributed by atoms with Crippen LogP contribution >= 0.6 is 11.8 Å². The maximum atomic E-state index is 13.8. The summed E-state index contributed by atoms with van der Waals surface area (Å²) in [5.74, 6) is 0.177. The fourth-order valence-corrected chi connectivity index (χ4v) is 3.97. The molecule has 1 saturated heterocycles. The average Bonchev–Trinajstić information content (AvgIpc) is 3.24. The normalized spacial score (nSPS) is 17.4. The van der Waals surface area contributed by atoms with Gasteiger partial charge >= 0.3 is 5.69 Å². The second-order valence-electron chi connectivity index (χ2n) is 5.99. The van der Waals surface area contributed by atoms with Crippen molar-refractivity contribution in [3.8, 4) is 0 Å². The first kappa shape index (κ1) is 16.3. The van der Waals surface area contributed by atoms with Gasteiger partial charge in [-0.15, -0.1) is 5.10 Å². The second-order valence-corrected chi connectivity index (χ2v) is 6.93. The van der Waals surface area contributed by atoms with E-state index in [1.807, 2.05) is 6.07 Å². The predicted molar refractivity (Wildman–Crippen MR) is 93.1 cm³/mol. The zero-order valence-corrected chi connectivity index (χ0v) is 14.3. The van der Waals surface area contributed by atoms with Gasteiger partial charge in [0.1, 0.15) is 5.82 Å². The molecule has 3 heterocycles. The van der Waals surface area contributed by atoms with Gasteiger partial charge in [0.25, 0.3) is 0 Å². The van der Waals surface area contributed by atoms with Gasteiger partial charge in [0.15, 0.2) is 5.16 Å². The quantitative estimate of drug-likeness (QED) is 0.708. The largest absolute Gasteiger partial charge is 0.376 e. The minimum Gasteiger partial charge on any atom is -0.376 e. The van der Waals surface area contributed by atoms with Crippen molar-refractivity contribution in [1.82, 2.24) is 19.7 Å². The van der Waals surface area contributed by atoms with Crippen molar-refractivity contribution in [2.75, 3.05) is 6.61 Å². The number of pyridine rings is 1. The van der Waals surface area contributed by atoms with Crippen molar-refractivity contribution in [2.45, 2.75) is 36.4 Å². The average molecular weight is 360 g/mol. The zero-order valence-electron chi connectivity index (χ0n) is 13.4. The summed E-state index contributed by atoms with van der Waals surface area (Å²) < 4.78 is 21.0. The van der Waals surface area contributed by atoms with E-state index in [-0.39, 0.29) is 17.6 Å². The van der Waals surface area contributed by atoms with Gasteiger partial charge in [-0.25, -0.2) is 14.3 Å². The predicted octanol–water partition coefficient (Wildman–Crippen LogP) is 2.73. The van der Waals surface area contributed by atoms with Crippen molar-refractivity contribution in [3.05, 3.63) is 52.3 Å². The lowest BCUT2D eigenvalue weighted by molar-refractivity contribution is 0.0941. The highest BCUT2D eigenvalue weighted by Crippen LogP contribution is 2.26. The lowest BCUT2D eigenvalue weighted by Gasteiger charge is -2.11. The highest BCUT2D eigenvalue weighted by Gasteiger charge is 2.20. The molecule has 2 aromatic heterocycles. The molecule has 130 valence electrons. The lowest BCUT2D eigenvalue weighted by atomic mass is 10.1. The Hall–Kier alpha value is -2.19. The molecule has 25 heavy (non-hydrogen) atoms. The van der Waals surface area contributed by atoms with E-state index >= 15 is 0 Å². The SMILES string of the molecule is O=c1[nH]nc(SCc2cc(F)cc3cccnc23)n1CC1CCCO1. The van der Waals surface area contributed by atoms with Crippen LogP contribution in [0.1, 0.15) is 18.4 Å². The number of fused-ring (bicyclic) bond motifs is 1. The van der Waals surface area contributed by atoms with Gasteiger partial charge in [-0.2, -0.15) is 0 Å². The number of rotatable bonds is 5. The Morgan fingerprint density at radius 2 is 2.36 bits per heavy atom. The Morgan fingerprint density at radius 1 is 1.44 bits per heavy atom. The Bertz CT molecular complexity index is 949. The van der Waals surface area contributed by atoms with Crippen LogP contribution < -0.4 is 5.69 Å². The van der Waals surface area contributed by atoms with E-state index in [0.717, 1.165) is 35.9 Å². The molecule has 0 spiro atoms. The van der Waals surface area contributed by atoms with E-state index in [2.05, 4.69) is 15.2 Å². The standard InChI is InChI=1S/C17H17FN4O2S/c18-13-7-11-3-1-5-19-15(11)12(8-13)10-25-17-21-20-16(23)22(17)9-14-4-2-6-24-14/h1,3,5,7-8,14H,2,4,6,9-10H2,(H,20,23). The topological polar surface area (TPSA) is 72.8 Å². The maximum absolute atomic E-state index is 13.8. The molecule has 1 aromatic carbocycles. The van der Waals surface area contributed by atoms with Crippen molar-refractivity contribution < 1.29 is 9.13 Å². The van der Waals surface area contributed by atoms with Gasteiger partial charge in [-0.3, -0.25) is 9.55 Å². The summed E-state index contributed by atoms with van der Waals surface area (Å²) in [5, 5.41) is 7.92. The molecular formula is C17H17FN4O2S. The fourth-order valence-electron chi connectivity index (χ4n) is 3.05. The van der Waals surface area contributed by atoms with Crippen molar-refractivity contribution >= 4 is 22.7 Å². The summed E-state index contributed by atoms with van der Waals surface area (Å²) in [6, 6.07) is 6.57. The molecule has 4 rings (SSSR count). The molecule has 1 atom stereocenters. The first-order valence-electron chi connectivity index (χ1n) is 8.13. The first-order chi connectivity index (χ1) is 12.2. The van der Waals surface area contributed by atoms with Gasteiger partial charge in [0.05, 0.1) is 18.2 Å². The molecule has 1 unspecified atom stereocenters. The summed E-state index contributed by atoms with van der Waals surface area (Å²) in [7, 11) is 0. The van der Waals surface area contributed by atoms with E-state index in [1.165, 1.54) is 23.9 Å². The summed E-state index contributed by atoms with van der Waals surface area (Å²) in [5.41, 5.74) is 1.29. The van der Waals surface area contributed by atoms with Crippen molar-refractivity contribution in [1.29, 1.82) is 0 Å². The maximum Gasteiger partial charge on any atom is 0.344 e. The van der Waals surface area contributed by atoms with Crippen LogP contribution in [0.5, 0.6) is 0 Å². The van der Waals surface area contributed by atoms with Crippen LogP contribution in [0.15, 0.2) is 40.4 Å². The minimum absolute atomic E-state index is 0.0475. The fraction of sp³-hybridized carbons (Fsp3) is 0.353. The van der Waals surface area contributed by atoms with E-state index in [9.17, 15) is 9.18 Å². The third-order valence-electron chi connectivity index (χ3n) is 4.24. The summed E-state index contributed by atoms with van der Waals surface area (Å²) in [4.78, 5) is 16.4. The lowest BCUT2D eigenvalue weighted by Crippen LogP contribution is -2.24. The molecule has 0 amide bonds. The number of benzene rings is 1. The Labute approximate surface area is 147 Å². The number of hydrogen-bond acceptors (Lipinski definition) is 5. The highest BCUT2D eigenvalue weighted by atomic mass is 32.2. The molecule has 0 bridgehead atoms. The number of aromatic nitrogens is 4. The number of thioether (sulfide) groups is 1. The molecule has 0 aliphatic carbocycles. The molecule has 1 aliphatic heterocycles. The highest BCUT2D eigenvalue weighted by molar-refractivity contribution is 7.98. The number of hydrogen-bond donors (Lipinski definition) is 1.